The summed E-state index contributed by atoms with van der Waals surface area (Å²) in [6.45, 7) is 8.58. The number of nitrogens with zero attached hydrogens (tertiary/aromatic N) is 2. The molecule has 3 rings (SSSR count). The summed E-state index contributed by atoms with van der Waals surface area (Å²) in [4.78, 5) is 16.7. The van der Waals surface area contributed by atoms with Crippen molar-refractivity contribution in [2.75, 3.05) is 38.0 Å². The van der Waals surface area contributed by atoms with E-state index in [1.807, 2.05) is 35.2 Å². The van der Waals surface area contributed by atoms with Crippen LogP contribution in [0.1, 0.15) is 30.9 Å². The molecular formula is C23H29N3O. The predicted octanol–water partition coefficient (Wildman–Crippen LogP) is 4.67. The van der Waals surface area contributed by atoms with Crippen molar-refractivity contribution in [3.05, 3.63) is 71.8 Å². The number of hydrogen-bond donors (Lipinski definition) is 1. The average Bonchev–Trinajstić information content (AvgIpc) is 2.70. The van der Waals surface area contributed by atoms with Crippen LogP contribution in [-0.2, 0) is 0 Å². The van der Waals surface area contributed by atoms with Crippen molar-refractivity contribution in [1.82, 2.24) is 9.80 Å². The molecule has 2 aromatic rings. The summed E-state index contributed by atoms with van der Waals surface area (Å²) in [5, 5.41) is 3.01. The van der Waals surface area contributed by atoms with Crippen LogP contribution < -0.4 is 5.32 Å². The zero-order chi connectivity index (χ0) is 19.1. The van der Waals surface area contributed by atoms with Crippen molar-refractivity contribution in [1.29, 1.82) is 0 Å². The standard InChI is InChI=1S/C23H29N3O/c1-19(2)21-10-12-22(13-11-21)24-23(27)26-17-15-25(16-18-26)14-6-9-20-7-4-3-5-8-20/h3-13,19H,14-18H2,1-2H3,(H,24,27). The lowest BCUT2D eigenvalue weighted by atomic mass is 10.0. The van der Waals surface area contributed by atoms with Gasteiger partial charge in [-0.05, 0) is 29.2 Å². The second-order valence-corrected chi connectivity index (χ2v) is 7.31. The van der Waals surface area contributed by atoms with E-state index in [1.165, 1.54) is 11.1 Å². The largest absolute Gasteiger partial charge is 0.322 e. The van der Waals surface area contributed by atoms with Gasteiger partial charge in [-0.3, -0.25) is 4.90 Å². The fraction of sp³-hybridized carbons (Fsp3) is 0.348. The van der Waals surface area contributed by atoms with Gasteiger partial charge in [0.2, 0.25) is 0 Å². The molecule has 4 heteroatoms. The van der Waals surface area contributed by atoms with Crippen LogP contribution in [0.15, 0.2) is 60.7 Å². The second-order valence-electron chi connectivity index (χ2n) is 7.31. The Morgan fingerprint density at radius 2 is 1.67 bits per heavy atom. The Balaban J connectivity index is 1.43. The lowest BCUT2D eigenvalue weighted by Gasteiger charge is -2.34. The minimum absolute atomic E-state index is 0.00762. The van der Waals surface area contributed by atoms with E-state index in [9.17, 15) is 4.79 Å². The van der Waals surface area contributed by atoms with Gasteiger partial charge in [0.25, 0.3) is 0 Å². The Morgan fingerprint density at radius 3 is 2.30 bits per heavy atom. The van der Waals surface area contributed by atoms with Gasteiger partial charge in [0.05, 0.1) is 0 Å². The van der Waals surface area contributed by atoms with E-state index in [-0.39, 0.29) is 6.03 Å². The predicted molar refractivity (Wildman–Crippen MR) is 113 cm³/mol. The Labute approximate surface area is 162 Å². The SMILES string of the molecule is CC(C)c1ccc(NC(=O)N2CCN(CC=Cc3ccccc3)CC2)cc1. The number of nitrogens with one attached hydrogen (secondary N) is 1. The van der Waals surface area contributed by atoms with E-state index < -0.39 is 0 Å². The van der Waals surface area contributed by atoms with Crippen molar-refractivity contribution in [2.24, 2.45) is 0 Å². The van der Waals surface area contributed by atoms with Crippen LogP contribution in [-0.4, -0.2) is 48.6 Å². The maximum atomic E-state index is 12.5. The third-order valence-electron chi connectivity index (χ3n) is 4.96. The summed E-state index contributed by atoms with van der Waals surface area (Å²) in [5.74, 6) is 0.499. The van der Waals surface area contributed by atoms with Gasteiger partial charge in [0, 0.05) is 38.4 Å². The average molecular weight is 364 g/mol. The van der Waals surface area contributed by atoms with Gasteiger partial charge in [-0.1, -0.05) is 68.5 Å². The molecule has 0 aliphatic carbocycles. The van der Waals surface area contributed by atoms with E-state index in [2.05, 4.69) is 60.5 Å². The number of piperazine rings is 1. The lowest BCUT2D eigenvalue weighted by Crippen LogP contribution is -2.49. The number of urea groups is 1. The summed E-state index contributed by atoms with van der Waals surface area (Å²) in [6.07, 6.45) is 4.35. The third-order valence-corrected chi connectivity index (χ3v) is 4.96. The fourth-order valence-electron chi connectivity index (χ4n) is 3.19. The summed E-state index contributed by atoms with van der Waals surface area (Å²) < 4.78 is 0. The van der Waals surface area contributed by atoms with Gasteiger partial charge in [-0.15, -0.1) is 0 Å². The van der Waals surface area contributed by atoms with Crippen LogP contribution in [0.5, 0.6) is 0 Å². The number of amides is 2. The highest BCUT2D eigenvalue weighted by Gasteiger charge is 2.20. The number of anilines is 1. The van der Waals surface area contributed by atoms with Gasteiger partial charge >= 0.3 is 6.03 Å². The van der Waals surface area contributed by atoms with Gasteiger partial charge < -0.3 is 10.2 Å². The molecule has 1 aliphatic heterocycles. The Hall–Kier alpha value is -2.59. The first-order chi connectivity index (χ1) is 13.1. The first-order valence-corrected chi connectivity index (χ1v) is 9.71. The van der Waals surface area contributed by atoms with Gasteiger partial charge in [-0.25, -0.2) is 4.79 Å². The second kappa shape index (κ2) is 9.38. The molecule has 1 heterocycles. The van der Waals surface area contributed by atoms with E-state index in [4.69, 9.17) is 0 Å². The number of rotatable bonds is 5. The van der Waals surface area contributed by atoms with Crippen LogP contribution in [0.3, 0.4) is 0 Å². The molecule has 0 aromatic heterocycles. The van der Waals surface area contributed by atoms with Gasteiger partial charge in [-0.2, -0.15) is 0 Å². The Bertz CT molecular complexity index is 745. The minimum atomic E-state index is -0.00762. The zero-order valence-corrected chi connectivity index (χ0v) is 16.3. The molecule has 0 spiro atoms. The first kappa shape index (κ1) is 19.2. The molecule has 2 aromatic carbocycles. The lowest BCUT2D eigenvalue weighted by molar-refractivity contribution is 0.156. The Morgan fingerprint density at radius 1 is 1.00 bits per heavy atom. The molecule has 1 aliphatic rings. The van der Waals surface area contributed by atoms with Crippen LogP contribution in [0, 0.1) is 0 Å². The molecule has 0 unspecified atom stereocenters. The quantitative estimate of drug-likeness (QED) is 0.838. The van der Waals surface area contributed by atoms with E-state index >= 15 is 0 Å². The van der Waals surface area contributed by atoms with Crippen molar-refractivity contribution >= 4 is 17.8 Å². The molecular weight excluding hydrogens is 334 g/mol. The van der Waals surface area contributed by atoms with Crippen LogP contribution in [0.4, 0.5) is 10.5 Å². The van der Waals surface area contributed by atoms with Gasteiger partial charge in [0.1, 0.15) is 0 Å². The van der Waals surface area contributed by atoms with Crippen LogP contribution >= 0.6 is 0 Å². The molecule has 0 saturated carbocycles. The highest BCUT2D eigenvalue weighted by molar-refractivity contribution is 5.89. The molecule has 27 heavy (non-hydrogen) atoms. The first-order valence-electron chi connectivity index (χ1n) is 9.71. The van der Waals surface area contributed by atoms with E-state index in [0.29, 0.717) is 5.92 Å². The number of hydrogen-bond acceptors (Lipinski definition) is 2. The summed E-state index contributed by atoms with van der Waals surface area (Å²) in [5.41, 5.74) is 3.36. The van der Waals surface area contributed by atoms with E-state index in [0.717, 1.165) is 38.4 Å². The summed E-state index contributed by atoms with van der Waals surface area (Å²) in [6, 6.07) is 18.5. The molecule has 1 N–H and O–H groups in total. The van der Waals surface area contributed by atoms with E-state index in [1.54, 1.807) is 0 Å². The van der Waals surface area contributed by atoms with Crippen molar-refractivity contribution < 1.29 is 4.79 Å². The minimum Gasteiger partial charge on any atom is -0.322 e. The number of benzene rings is 2. The Kier molecular flexibility index (Phi) is 6.66. The molecule has 0 radical (unpaired) electrons. The number of carbonyl (C=O) groups excluding carboxylic acids is 1. The van der Waals surface area contributed by atoms with Crippen LogP contribution in [0.2, 0.25) is 0 Å². The maximum absolute atomic E-state index is 12.5. The summed E-state index contributed by atoms with van der Waals surface area (Å²) >= 11 is 0. The molecule has 1 saturated heterocycles. The highest BCUT2D eigenvalue weighted by Crippen LogP contribution is 2.17. The topological polar surface area (TPSA) is 35.6 Å². The van der Waals surface area contributed by atoms with Gasteiger partial charge in [0.15, 0.2) is 0 Å². The molecule has 142 valence electrons. The van der Waals surface area contributed by atoms with Crippen molar-refractivity contribution in [2.45, 2.75) is 19.8 Å². The zero-order valence-electron chi connectivity index (χ0n) is 16.3. The number of carbonyl (C=O) groups is 1. The molecule has 4 nitrogen and oxygen atoms in total. The van der Waals surface area contributed by atoms with Crippen molar-refractivity contribution in [3.63, 3.8) is 0 Å². The molecule has 0 bridgehead atoms. The molecule has 0 atom stereocenters. The monoisotopic (exact) mass is 363 g/mol. The highest BCUT2D eigenvalue weighted by atomic mass is 16.2. The maximum Gasteiger partial charge on any atom is 0.321 e. The van der Waals surface area contributed by atoms with Crippen molar-refractivity contribution in [3.8, 4) is 0 Å². The molecule has 1 fully saturated rings. The normalized spacial score (nSPS) is 15.4. The fourth-order valence-corrected chi connectivity index (χ4v) is 3.19. The molecule has 2 amide bonds. The van der Waals surface area contributed by atoms with Crippen LogP contribution in [0.25, 0.3) is 6.08 Å². The third kappa shape index (κ3) is 5.69. The summed E-state index contributed by atoms with van der Waals surface area (Å²) in [7, 11) is 0. The smallest absolute Gasteiger partial charge is 0.321 e.